The molecule has 0 saturated heterocycles. The molecule has 0 spiro atoms. The van der Waals surface area contributed by atoms with Gasteiger partial charge in [0.25, 0.3) is 0 Å². The molecule has 0 rings (SSSR count). The Morgan fingerprint density at radius 2 is 1.54 bits per heavy atom. The van der Waals surface area contributed by atoms with Gasteiger partial charge in [-0.05, 0) is 0 Å². The molecule has 76 valence electrons. The summed E-state index contributed by atoms with van der Waals surface area (Å²) in [5, 5.41) is 45.8. The van der Waals surface area contributed by atoms with Crippen LogP contribution in [0.2, 0.25) is 0 Å². The van der Waals surface area contributed by atoms with Crippen molar-refractivity contribution in [2.45, 2.75) is 24.7 Å². The van der Waals surface area contributed by atoms with E-state index in [1.807, 2.05) is 0 Å². The molecule has 0 radical (unpaired) electrons. The van der Waals surface area contributed by atoms with Gasteiger partial charge in [0.1, 0.15) is 6.10 Å². The molecule has 7 nitrogen and oxygen atoms in total. The van der Waals surface area contributed by atoms with Gasteiger partial charge in [0.15, 0.2) is 0 Å². The van der Waals surface area contributed by atoms with E-state index in [1.165, 1.54) is 0 Å². The van der Waals surface area contributed by atoms with Crippen LogP contribution in [0.5, 0.6) is 0 Å². The molecule has 0 unspecified atom stereocenters. The summed E-state index contributed by atoms with van der Waals surface area (Å²) in [6.07, 6.45) is -6.99. The molecule has 7 heteroatoms. The van der Waals surface area contributed by atoms with Crippen LogP contribution in [0, 0.1) is 0 Å². The quantitative estimate of drug-likeness (QED) is 0.395. The Balaban J connectivity index is 4.06. The predicted octanol–water partition coefficient (Wildman–Crippen LogP) is -5.04. The third kappa shape index (κ3) is 3.83. The molecule has 0 aromatic carbocycles. The van der Waals surface area contributed by atoms with Crippen molar-refractivity contribution < 1.29 is 35.1 Å². The van der Waals surface area contributed by atoms with Gasteiger partial charge in [-0.2, -0.15) is 0 Å². The fourth-order valence-corrected chi connectivity index (χ4v) is 0.611. The normalized spacial score (nSPS) is 17.5. The average Bonchev–Trinajstić information content (AvgIpc) is 2.02. The van der Waals surface area contributed by atoms with Gasteiger partial charge in [0, 0.05) is 6.42 Å². The molecule has 0 aromatic rings. The molecule has 3 atom stereocenters. The number of aliphatic hydroxyl groups is 3. The van der Waals surface area contributed by atoms with Crippen molar-refractivity contribution in [3.05, 3.63) is 0 Å². The Kier molecular flexibility index (Phi) is 4.32. The molecular weight excluding hydrogens is 184 g/mol. The van der Waals surface area contributed by atoms with Crippen molar-refractivity contribution in [1.29, 1.82) is 0 Å². The van der Waals surface area contributed by atoms with Gasteiger partial charge in [-0.15, -0.1) is 0 Å². The Bertz CT molecular complexity index is 201. The van der Waals surface area contributed by atoms with Gasteiger partial charge in [0.05, 0.1) is 24.1 Å². The standard InChI is InChI=1S/C6H10O7/c7-2(4(9)6(12)13)1-3(8)5(10)11/h2-4,7-9H,1H2,(H,10,11)(H,12,13)/p-2/t2-,3-,4+/m0/s1. The molecule has 0 aliphatic rings. The van der Waals surface area contributed by atoms with E-state index in [0.717, 1.165) is 0 Å². The average molecular weight is 192 g/mol. The van der Waals surface area contributed by atoms with Crippen LogP contribution in [-0.4, -0.2) is 45.6 Å². The number of carboxylic acid groups (broad SMARTS) is 2. The summed E-state index contributed by atoms with van der Waals surface area (Å²) in [7, 11) is 0. The first-order valence-corrected chi connectivity index (χ1v) is 3.32. The van der Waals surface area contributed by atoms with Crippen LogP contribution in [0.1, 0.15) is 6.42 Å². The third-order valence-electron chi connectivity index (χ3n) is 1.34. The van der Waals surface area contributed by atoms with Gasteiger partial charge >= 0.3 is 0 Å². The lowest BCUT2D eigenvalue weighted by molar-refractivity contribution is -0.322. The first-order valence-electron chi connectivity index (χ1n) is 3.32. The topological polar surface area (TPSA) is 141 Å². The lowest BCUT2D eigenvalue weighted by Gasteiger charge is -2.21. The van der Waals surface area contributed by atoms with Crippen LogP contribution in [0.15, 0.2) is 0 Å². The van der Waals surface area contributed by atoms with Gasteiger partial charge in [-0.1, -0.05) is 0 Å². The number of aliphatic carboxylic acids is 2. The van der Waals surface area contributed by atoms with Gasteiger partial charge in [0.2, 0.25) is 0 Å². The molecule has 0 aliphatic carbocycles. The molecule has 0 saturated carbocycles. The lowest BCUT2D eigenvalue weighted by Crippen LogP contribution is -2.46. The predicted molar refractivity (Wildman–Crippen MR) is 32.7 cm³/mol. The van der Waals surface area contributed by atoms with Crippen molar-refractivity contribution in [2.75, 3.05) is 0 Å². The summed E-state index contributed by atoms with van der Waals surface area (Å²) >= 11 is 0. The van der Waals surface area contributed by atoms with Crippen LogP contribution < -0.4 is 10.2 Å². The highest BCUT2D eigenvalue weighted by atomic mass is 16.4. The van der Waals surface area contributed by atoms with Gasteiger partial charge in [-0.25, -0.2) is 0 Å². The van der Waals surface area contributed by atoms with E-state index in [9.17, 15) is 19.8 Å². The van der Waals surface area contributed by atoms with Crippen molar-refractivity contribution in [3.63, 3.8) is 0 Å². The fraction of sp³-hybridized carbons (Fsp3) is 0.667. The minimum Gasteiger partial charge on any atom is -0.547 e. The van der Waals surface area contributed by atoms with Gasteiger partial charge < -0.3 is 35.1 Å². The Morgan fingerprint density at radius 3 is 1.85 bits per heavy atom. The monoisotopic (exact) mass is 192 g/mol. The number of hydrogen-bond donors (Lipinski definition) is 3. The minimum absolute atomic E-state index is 0.836. The Morgan fingerprint density at radius 1 is 1.08 bits per heavy atom. The summed E-state index contributed by atoms with van der Waals surface area (Å²) in [6.45, 7) is 0. The highest BCUT2D eigenvalue weighted by molar-refractivity contribution is 5.71. The molecule has 0 fully saturated rings. The number of carboxylic acids is 2. The van der Waals surface area contributed by atoms with E-state index in [4.69, 9.17) is 15.3 Å². The van der Waals surface area contributed by atoms with Crippen molar-refractivity contribution in [1.82, 2.24) is 0 Å². The molecule has 0 amide bonds. The van der Waals surface area contributed by atoms with E-state index in [0.29, 0.717) is 0 Å². The molecule has 0 bridgehead atoms. The number of carbonyl (C=O) groups excluding carboxylic acids is 2. The molecule has 0 aromatic heterocycles. The first-order chi connectivity index (χ1) is 5.86. The number of hydrogen-bond acceptors (Lipinski definition) is 7. The SMILES string of the molecule is O=C([O-])[C@@H](O)C[C@H](O)[C@@H](O)C(=O)[O-]. The molecule has 0 aliphatic heterocycles. The second kappa shape index (κ2) is 4.75. The zero-order valence-corrected chi connectivity index (χ0v) is 6.41. The highest BCUT2D eigenvalue weighted by Crippen LogP contribution is 2.02. The first kappa shape index (κ1) is 11.8. The molecular formula is C6H8O7-2. The summed E-state index contributed by atoms with van der Waals surface area (Å²) in [5.74, 6) is -3.80. The maximum Gasteiger partial charge on any atom is 0.119 e. The Hall–Kier alpha value is -1.18. The second-order valence-electron chi connectivity index (χ2n) is 2.40. The maximum atomic E-state index is 9.93. The zero-order valence-electron chi connectivity index (χ0n) is 6.41. The minimum atomic E-state index is -2.23. The highest BCUT2D eigenvalue weighted by Gasteiger charge is 2.21. The molecule has 0 heterocycles. The summed E-state index contributed by atoms with van der Waals surface area (Å²) in [4.78, 5) is 19.8. The van der Waals surface area contributed by atoms with E-state index in [-0.39, 0.29) is 0 Å². The van der Waals surface area contributed by atoms with Crippen LogP contribution in [-0.2, 0) is 9.59 Å². The zero-order chi connectivity index (χ0) is 10.6. The third-order valence-corrected chi connectivity index (χ3v) is 1.34. The van der Waals surface area contributed by atoms with Crippen molar-refractivity contribution in [3.8, 4) is 0 Å². The molecule has 13 heavy (non-hydrogen) atoms. The van der Waals surface area contributed by atoms with Gasteiger partial charge in [-0.3, -0.25) is 0 Å². The Labute approximate surface area is 72.9 Å². The van der Waals surface area contributed by atoms with E-state index >= 15 is 0 Å². The van der Waals surface area contributed by atoms with Crippen LogP contribution in [0.25, 0.3) is 0 Å². The smallest absolute Gasteiger partial charge is 0.119 e. The van der Waals surface area contributed by atoms with Crippen molar-refractivity contribution >= 4 is 11.9 Å². The maximum absolute atomic E-state index is 9.93. The summed E-state index contributed by atoms with van der Waals surface area (Å²) in [5.41, 5.74) is 0. The number of carbonyl (C=O) groups is 2. The van der Waals surface area contributed by atoms with Crippen LogP contribution >= 0.6 is 0 Å². The van der Waals surface area contributed by atoms with Crippen molar-refractivity contribution in [2.24, 2.45) is 0 Å². The van der Waals surface area contributed by atoms with Crippen LogP contribution in [0.4, 0.5) is 0 Å². The van der Waals surface area contributed by atoms with E-state index in [1.54, 1.807) is 0 Å². The largest absolute Gasteiger partial charge is 0.547 e. The fourth-order valence-electron chi connectivity index (χ4n) is 0.611. The summed E-state index contributed by atoms with van der Waals surface area (Å²) < 4.78 is 0. The van der Waals surface area contributed by atoms with Crippen LogP contribution in [0.3, 0.4) is 0 Å². The number of aliphatic hydroxyl groups excluding tert-OH is 3. The number of rotatable bonds is 5. The summed E-state index contributed by atoms with van der Waals surface area (Å²) in [6, 6.07) is 0. The van der Waals surface area contributed by atoms with E-state index < -0.39 is 36.7 Å². The molecule has 3 N–H and O–H groups in total. The second-order valence-corrected chi connectivity index (χ2v) is 2.40. The van der Waals surface area contributed by atoms with E-state index in [2.05, 4.69) is 0 Å². The lowest BCUT2D eigenvalue weighted by atomic mass is 10.1.